The summed E-state index contributed by atoms with van der Waals surface area (Å²) < 4.78 is 0. The van der Waals surface area contributed by atoms with Crippen molar-refractivity contribution in [3.8, 4) is 0 Å². The van der Waals surface area contributed by atoms with Crippen LogP contribution in [0.15, 0.2) is 24.4 Å². The summed E-state index contributed by atoms with van der Waals surface area (Å²) in [5, 5.41) is 0. The molecule has 1 saturated heterocycles. The monoisotopic (exact) mass is 177 g/mol. The van der Waals surface area contributed by atoms with Gasteiger partial charge < -0.3 is 5.73 Å². The Morgan fingerprint density at radius 3 is 2.92 bits per heavy atom. The van der Waals surface area contributed by atoms with E-state index in [1.54, 1.807) is 0 Å². The van der Waals surface area contributed by atoms with Gasteiger partial charge in [0.2, 0.25) is 0 Å². The Hall–Kier alpha value is -0.930. The van der Waals surface area contributed by atoms with Gasteiger partial charge in [0.05, 0.1) is 5.69 Å². The molecule has 0 radical (unpaired) electrons. The molecule has 2 heterocycles. The summed E-state index contributed by atoms with van der Waals surface area (Å²) in [5.74, 6) is 0.712. The van der Waals surface area contributed by atoms with E-state index in [4.69, 9.17) is 5.73 Å². The summed E-state index contributed by atoms with van der Waals surface area (Å²) in [7, 11) is 0. The van der Waals surface area contributed by atoms with E-state index in [-0.39, 0.29) is 0 Å². The van der Waals surface area contributed by atoms with Crippen LogP contribution in [0.1, 0.15) is 5.69 Å². The lowest BCUT2D eigenvalue weighted by molar-refractivity contribution is 0.0965. The maximum atomic E-state index is 5.55. The minimum absolute atomic E-state index is 0.712. The minimum Gasteiger partial charge on any atom is -0.330 e. The second-order valence-corrected chi connectivity index (χ2v) is 3.62. The van der Waals surface area contributed by atoms with Crippen LogP contribution < -0.4 is 5.73 Å². The maximum absolute atomic E-state index is 5.55. The highest BCUT2D eigenvalue weighted by molar-refractivity contribution is 5.04. The highest BCUT2D eigenvalue weighted by Crippen LogP contribution is 2.15. The Kier molecular flexibility index (Phi) is 2.57. The van der Waals surface area contributed by atoms with Crippen LogP contribution in [0.2, 0.25) is 0 Å². The Balaban J connectivity index is 1.81. The van der Waals surface area contributed by atoms with Gasteiger partial charge >= 0.3 is 0 Å². The van der Waals surface area contributed by atoms with Crippen molar-refractivity contribution >= 4 is 0 Å². The standard InChI is InChI=1S/C10H15N3/c11-5-9-6-13(7-9)8-10-3-1-2-4-12-10/h1-4,9H,5-8,11H2. The third-order valence-corrected chi connectivity index (χ3v) is 2.48. The molecule has 1 aromatic heterocycles. The van der Waals surface area contributed by atoms with Gasteiger partial charge in [0.1, 0.15) is 0 Å². The average molecular weight is 177 g/mol. The molecular formula is C10H15N3. The van der Waals surface area contributed by atoms with E-state index < -0.39 is 0 Å². The van der Waals surface area contributed by atoms with Crippen LogP contribution in [0.4, 0.5) is 0 Å². The number of likely N-dealkylation sites (tertiary alicyclic amines) is 1. The van der Waals surface area contributed by atoms with Crippen LogP contribution in [-0.4, -0.2) is 29.5 Å². The fourth-order valence-corrected chi connectivity index (χ4v) is 1.68. The zero-order valence-electron chi connectivity index (χ0n) is 7.69. The van der Waals surface area contributed by atoms with Gasteiger partial charge in [-0.25, -0.2) is 0 Å². The molecule has 0 bridgehead atoms. The topological polar surface area (TPSA) is 42.1 Å². The molecule has 0 unspecified atom stereocenters. The number of pyridine rings is 1. The lowest BCUT2D eigenvalue weighted by atomic mass is 10.0. The van der Waals surface area contributed by atoms with Crippen LogP contribution in [0.5, 0.6) is 0 Å². The molecule has 70 valence electrons. The fourth-order valence-electron chi connectivity index (χ4n) is 1.68. The van der Waals surface area contributed by atoms with E-state index in [9.17, 15) is 0 Å². The molecule has 0 aromatic carbocycles. The average Bonchev–Trinajstić information content (AvgIpc) is 2.12. The molecule has 3 heteroatoms. The van der Waals surface area contributed by atoms with Crippen molar-refractivity contribution in [2.75, 3.05) is 19.6 Å². The molecule has 2 N–H and O–H groups in total. The number of rotatable bonds is 3. The number of aromatic nitrogens is 1. The predicted molar refractivity (Wildman–Crippen MR) is 52.1 cm³/mol. The van der Waals surface area contributed by atoms with Gasteiger partial charge in [0.15, 0.2) is 0 Å². The smallest absolute Gasteiger partial charge is 0.0543 e. The number of nitrogens with zero attached hydrogens (tertiary/aromatic N) is 2. The second kappa shape index (κ2) is 3.85. The molecule has 0 aliphatic carbocycles. The lowest BCUT2D eigenvalue weighted by Gasteiger charge is -2.38. The fraction of sp³-hybridized carbons (Fsp3) is 0.500. The van der Waals surface area contributed by atoms with Crippen LogP contribution >= 0.6 is 0 Å². The first kappa shape index (κ1) is 8.66. The van der Waals surface area contributed by atoms with Gasteiger partial charge in [-0.1, -0.05) is 6.07 Å². The first-order valence-corrected chi connectivity index (χ1v) is 4.71. The van der Waals surface area contributed by atoms with Crippen LogP contribution in [0.3, 0.4) is 0 Å². The van der Waals surface area contributed by atoms with Crippen LogP contribution in [-0.2, 0) is 6.54 Å². The van der Waals surface area contributed by atoms with E-state index in [1.807, 2.05) is 18.3 Å². The first-order chi connectivity index (χ1) is 6.38. The number of hydrogen-bond acceptors (Lipinski definition) is 3. The van der Waals surface area contributed by atoms with Gasteiger partial charge in [0, 0.05) is 25.8 Å². The van der Waals surface area contributed by atoms with Crippen LogP contribution in [0.25, 0.3) is 0 Å². The molecule has 1 aliphatic heterocycles. The maximum Gasteiger partial charge on any atom is 0.0543 e. The van der Waals surface area contributed by atoms with Gasteiger partial charge in [0.25, 0.3) is 0 Å². The van der Waals surface area contributed by atoms with E-state index in [2.05, 4.69) is 16.0 Å². The zero-order chi connectivity index (χ0) is 9.10. The SMILES string of the molecule is NCC1CN(Cc2ccccn2)C1. The van der Waals surface area contributed by atoms with Crippen molar-refractivity contribution in [1.29, 1.82) is 0 Å². The molecule has 3 nitrogen and oxygen atoms in total. The highest BCUT2D eigenvalue weighted by Gasteiger charge is 2.24. The Morgan fingerprint density at radius 1 is 1.46 bits per heavy atom. The van der Waals surface area contributed by atoms with Crippen molar-refractivity contribution in [1.82, 2.24) is 9.88 Å². The molecule has 2 rings (SSSR count). The molecule has 1 aromatic rings. The minimum atomic E-state index is 0.712. The lowest BCUT2D eigenvalue weighted by Crippen LogP contribution is -2.49. The summed E-state index contributed by atoms with van der Waals surface area (Å²) in [4.78, 5) is 6.65. The quantitative estimate of drug-likeness (QED) is 0.730. The summed E-state index contributed by atoms with van der Waals surface area (Å²) in [6.07, 6.45) is 1.84. The van der Waals surface area contributed by atoms with Gasteiger partial charge in [-0.2, -0.15) is 0 Å². The van der Waals surface area contributed by atoms with E-state index in [0.717, 1.165) is 31.9 Å². The predicted octanol–water partition coefficient (Wildman–Crippen LogP) is 0.472. The summed E-state index contributed by atoms with van der Waals surface area (Å²) in [5.41, 5.74) is 6.70. The zero-order valence-corrected chi connectivity index (χ0v) is 7.69. The van der Waals surface area contributed by atoms with Crippen molar-refractivity contribution in [2.24, 2.45) is 11.7 Å². The molecule has 1 fully saturated rings. The Bertz CT molecular complexity index is 254. The summed E-state index contributed by atoms with van der Waals surface area (Å²) in [6.45, 7) is 4.05. The first-order valence-electron chi connectivity index (χ1n) is 4.71. The van der Waals surface area contributed by atoms with Gasteiger partial charge in [-0.3, -0.25) is 9.88 Å². The molecule has 0 spiro atoms. The second-order valence-electron chi connectivity index (χ2n) is 3.62. The molecule has 0 saturated carbocycles. The normalized spacial score (nSPS) is 18.5. The number of hydrogen-bond donors (Lipinski definition) is 1. The van der Waals surface area contributed by atoms with Gasteiger partial charge in [-0.05, 0) is 24.6 Å². The van der Waals surface area contributed by atoms with Gasteiger partial charge in [-0.15, -0.1) is 0 Å². The van der Waals surface area contributed by atoms with E-state index in [0.29, 0.717) is 5.92 Å². The van der Waals surface area contributed by atoms with Crippen molar-refractivity contribution in [3.05, 3.63) is 30.1 Å². The summed E-state index contributed by atoms with van der Waals surface area (Å²) >= 11 is 0. The van der Waals surface area contributed by atoms with Crippen LogP contribution in [0, 0.1) is 5.92 Å². The third kappa shape index (κ3) is 2.05. The van der Waals surface area contributed by atoms with Crippen molar-refractivity contribution in [3.63, 3.8) is 0 Å². The molecule has 0 amide bonds. The highest BCUT2D eigenvalue weighted by atomic mass is 15.2. The molecule has 1 aliphatic rings. The van der Waals surface area contributed by atoms with Crippen molar-refractivity contribution < 1.29 is 0 Å². The number of nitrogens with two attached hydrogens (primary N) is 1. The molecule has 0 atom stereocenters. The molecular weight excluding hydrogens is 162 g/mol. The van der Waals surface area contributed by atoms with Crippen molar-refractivity contribution in [2.45, 2.75) is 6.54 Å². The Labute approximate surface area is 78.6 Å². The van der Waals surface area contributed by atoms with E-state index >= 15 is 0 Å². The molecule has 13 heavy (non-hydrogen) atoms. The van der Waals surface area contributed by atoms with E-state index in [1.165, 1.54) is 0 Å². The Morgan fingerprint density at radius 2 is 2.31 bits per heavy atom. The summed E-state index contributed by atoms with van der Waals surface area (Å²) in [6, 6.07) is 6.04. The largest absolute Gasteiger partial charge is 0.330 e. The third-order valence-electron chi connectivity index (χ3n) is 2.48.